The van der Waals surface area contributed by atoms with Crippen molar-refractivity contribution in [2.24, 2.45) is 0 Å². The normalized spacial score (nSPS) is 13.5. The predicted molar refractivity (Wildman–Crippen MR) is 57.5 cm³/mol. The molecule has 0 amide bonds. The van der Waals surface area contributed by atoms with Gasteiger partial charge < -0.3 is 5.11 Å². The Kier molecular flexibility index (Phi) is 2.28. The maximum atomic E-state index is 9.38. The van der Waals surface area contributed by atoms with Crippen LogP contribution in [0.15, 0.2) is 24.3 Å². The number of fused-ring (bicyclic) bond motifs is 1. The maximum Gasteiger partial charge on any atom is 0.0854 e. The van der Waals surface area contributed by atoms with Crippen molar-refractivity contribution in [2.45, 2.75) is 13.0 Å². The van der Waals surface area contributed by atoms with Crippen LogP contribution in [0.4, 0.5) is 0 Å². The van der Waals surface area contributed by atoms with Crippen LogP contribution in [0.25, 0.3) is 10.1 Å². The van der Waals surface area contributed by atoms with Crippen molar-refractivity contribution in [1.29, 1.82) is 0 Å². The summed E-state index contributed by atoms with van der Waals surface area (Å²) in [6.45, 7) is 1.76. The van der Waals surface area contributed by atoms with E-state index in [-0.39, 0.29) is 0 Å². The molecule has 0 radical (unpaired) electrons. The molecule has 0 bridgehead atoms. The summed E-state index contributed by atoms with van der Waals surface area (Å²) in [6.07, 6.45) is -0.409. The monoisotopic (exact) mass is 212 g/mol. The van der Waals surface area contributed by atoms with E-state index in [1.807, 2.05) is 24.3 Å². The molecule has 1 aromatic heterocycles. The predicted octanol–water partition coefficient (Wildman–Crippen LogP) is 3.61. The third kappa shape index (κ3) is 1.57. The number of rotatable bonds is 1. The van der Waals surface area contributed by atoms with Crippen LogP contribution in [0.5, 0.6) is 0 Å². The fraction of sp³-hybridized carbons (Fsp3) is 0.200. The van der Waals surface area contributed by atoms with Crippen molar-refractivity contribution in [3.63, 3.8) is 0 Å². The van der Waals surface area contributed by atoms with Gasteiger partial charge in [-0.05, 0) is 24.4 Å². The lowest BCUT2D eigenvalue weighted by molar-refractivity contribution is 0.203. The second-order valence-electron chi connectivity index (χ2n) is 2.98. The summed E-state index contributed by atoms with van der Waals surface area (Å²) in [6, 6.07) is 7.77. The zero-order chi connectivity index (χ0) is 9.42. The Morgan fingerprint density at radius 3 is 2.85 bits per heavy atom. The Labute approximate surface area is 85.6 Å². The first kappa shape index (κ1) is 9.00. The zero-order valence-electron chi connectivity index (χ0n) is 7.12. The van der Waals surface area contributed by atoms with Gasteiger partial charge in [0.25, 0.3) is 0 Å². The first-order valence-electron chi connectivity index (χ1n) is 4.04. The highest BCUT2D eigenvalue weighted by molar-refractivity contribution is 7.19. The first-order chi connectivity index (χ1) is 6.18. The van der Waals surface area contributed by atoms with Crippen LogP contribution in [-0.4, -0.2) is 5.11 Å². The number of aliphatic hydroxyl groups is 1. The topological polar surface area (TPSA) is 20.2 Å². The Morgan fingerprint density at radius 2 is 2.23 bits per heavy atom. The molecule has 1 nitrogen and oxygen atoms in total. The SMILES string of the molecule is CC(O)c1cc2cccc(Cl)c2s1. The zero-order valence-corrected chi connectivity index (χ0v) is 8.69. The molecule has 13 heavy (non-hydrogen) atoms. The van der Waals surface area contributed by atoms with Gasteiger partial charge in [-0.15, -0.1) is 11.3 Å². The molecular weight excluding hydrogens is 204 g/mol. The highest BCUT2D eigenvalue weighted by atomic mass is 35.5. The van der Waals surface area contributed by atoms with Crippen LogP contribution >= 0.6 is 22.9 Å². The third-order valence-electron chi connectivity index (χ3n) is 1.93. The van der Waals surface area contributed by atoms with E-state index in [0.717, 1.165) is 20.0 Å². The van der Waals surface area contributed by atoms with Gasteiger partial charge in [0.15, 0.2) is 0 Å². The highest BCUT2D eigenvalue weighted by Crippen LogP contribution is 2.34. The smallest absolute Gasteiger partial charge is 0.0854 e. The van der Waals surface area contributed by atoms with Gasteiger partial charge in [-0.25, -0.2) is 0 Å². The molecule has 0 spiro atoms. The lowest BCUT2D eigenvalue weighted by Crippen LogP contribution is -1.83. The number of halogens is 1. The molecule has 1 aromatic carbocycles. The molecule has 0 aliphatic heterocycles. The molecule has 68 valence electrons. The molecule has 0 saturated heterocycles. The molecule has 0 fully saturated rings. The third-order valence-corrected chi connectivity index (χ3v) is 3.71. The second-order valence-corrected chi connectivity index (χ2v) is 4.47. The van der Waals surface area contributed by atoms with E-state index in [0.29, 0.717) is 0 Å². The maximum absolute atomic E-state index is 9.38. The van der Waals surface area contributed by atoms with E-state index in [4.69, 9.17) is 11.6 Å². The van der Waals surface area contributed by atoms with Crippen molar-refractivity contribution in [2.75, 3.05) is 0 Å². The minimum absolute atomic E-state index is 0.409. The fourth-order valence-electron chi connectivity index (χ4n) is 1.25. The summed E-state index contributed by atoms with van der Waals surface area (Å²) in [5.41, 5.74) is 0. The van der Waals surface area contributed by atoms with Gasteiger partial charge in [0.05, 0.1) is 15.8 Å². The second kappa shape index (κ2) is 3.29. The van der Waals surface area contributed by atoms with Gasteiger partial charge in [0, 0.05) is 4.88 Å². The van der Waals surface area contributed by atoms with E-state index >= 15 is 0 Å². The first-order valence-corrected chi connectivity index (χ1v) is 5.24. The molecule has 2 rings (SSSR count). The summed E-state index contributed by atoms with van der Waals surface area (Å²) in [4.78, 5) is 0.961. The molecule has 2 aromatic rings. The van der Waals surface area contributed by atoms with Crippen LogP contribution in [0.2, 0.25) is 5.02 Å². The van der Waals surface area contributed by atoms with E-state index in [9.17, 15) is 5.11 Å². The quantitative estimate of drug-likeness (QED) is 0.766. The van der Waals surface area contributed by atoms with E-state index in [1.165, 1.54) is 0 Å². The average Bonchev–Trinajstić information content (AvgIpc) is 2.49. The molecular formula is C10H9ClOS. The van der Waals surface area contributed by atoms with Crippen molar-refractivity contribution in [3.8, 4) is 0 Å². The lowest BCUT2D eigenvalue weighted by atomic mass is 10.2. The molecule has 1 unspecified atom stereocenters. The molecule has 0 saturated carbocycles. The Morgan fingerprint density at radius 1 is 1.46 bits per heavy atom. The number of aliphatic hydroxyl groups excluding tert-OH is 1. The molecule has 1 N–H and O–H groups in total. The number of hydrogen-bond donors (Lipinski definition) is 1. The van der Waals surface area contributed by atoms with Crippen molar-refractivity contribution < 1.29 is 5.11 Å². The molecule has 1 atom stereocenters. The minimum Gasteiger partial charge on any atom is -0.388 e. The fourth-order valence-corrected chi connectivity index (χ4v) is 2.55. The van der Waals surface area contributed by atoms with Crippen molar-refractivity contribution >= 4 is 33.0 Å². The van der Waals surface area contributed by atoms with Crippen LogP contribution < -0.4 is 0 Å². The molecule has 3 heteroatoms. The molecule has 1 heterocycles. The number of benzene rings is 1. The van der Waals surface area contributed by atoms with Crippen molar-refractivity contribution in [1.82, 2.24) is 0 Å². The Hall–Kier alpha value is -0.570. The summed E-state index contributed by atoms with van der Waals surface area (Å²) >= 11 is 7.55. The van der Waals surface area contributed by atoms with Gasteiger partial charge in [-0.2, -0.15) is 0 Å². The highest BCUT2D eigenvalue weighted by Gasteiger charge is 2.07. The molecule has 0 aliphatic rings. The standard InChI is InChI=1S/C10H9ClOS/c1-6(12)9-5-7-3-2-4-8(11)10(7)13-9/h2-6,12H,1H3. The van der Waals surface area contributed by atoms with Gasteiger partial charge in [-0.3, -0.25) is 0 Å². The van der Waals surface area contributed by atoms with Crippen LogP contribution in [-0.2, 0) is 0 Å². The van der Waals surface area contributed by atoms with Crippen LogP contribution in [0, 0.1) is 0 Å². The van der Waals surface area contributed by atoms with Gasteiger partial charge in [0.1, 0.15) is 0 Å². The largest absolute Gasteiger partial charge is 0.388 e. The summed E-state index contributed by atoms with van der Waals surface area (Å²) in [7, 11) is 0. The van der Waals surface area contributed by atoms with Crippen LogP contribution in [0.1, 0.15) is 17.9 Å². The van der Waals surface area contributed by atoms with E-state index < -0.39 is 6.10 Å². The van der Waals surface area contributed by atoms with Gasteiger partial charge in [0.2, 0.25) is 0 Å². The summed E-state index contributed by atoms with van der Waals surface area (Å²) < 4.78 is 1.06. The Balaban J connectivity index is 2.68. The summed E-state index contributed by atoms with van der Waals surface area (Å²) in [5, 5.41) is 11.2. The molecule has 0 aliphatic carbocycles. The average molecular weight is 213 g/mol. The van der Waals surface area contributed by atoms with Crippen molar-refractivity contribution in [3.05, 3.63) is 34.2 Å². The minimum atomic E-state index is -0.409. The van der Waals surface area contributed by atoms with E-state index in [2.05, 4.69) is 0 Å². The van der Waals surface area contributed by atoms with Gasteiger partial charge >= 0.3 is 0 Å². The Bertz CT molecular complexity index is 433. The lowest BCUT2D eigenvalue weighted by Gasteiger charge is -1.95. The van der Waals surface area contributed by atoms with Gasteiger partial charge in [-0.1, -0.05) is 23.7 Å². The number of thiophene rings is 1. The van der Waals surface area contributed by atoms with Crippen LogP contribution in [0.3, 0.4) is 0 Å². The van der Waals surface area contributed by atoms with E-state index in [1.54, 1.807) is 18.3 Å². The summed E-state index contributed by atoms with van der Waals surface area (Å²) in [5.74, 6) is 0. The number of hydrogen-bond acceptors (Lipinski definition) is 2.